The average molecular weight is 224 g/mol. The van der Waals surface area contributed by atoms with Crippen molar-refractivity contribution in [2.24, 2.45) is 0 Å². The number of nitrogens with one attached hydrogen (secondary N) is 1. The van der Waals surface area contributed by atoms with Crippen molar-refractivity contribution in [3.8, 4) is 0 Å². The summed E-state index contributed by atoms with van der Waals surface area (Å²) in [6.45, 7) is 5.72. The van der Waals surface area contributed by atoms with E-state index in [9.17, 15) is 0 Å². The van der Waals surface area contributed by atoms with Crippen LogP contribution in [-0.2, 0) is 6.54 Å². The third-order valence-corrected chi connectivity index (χ3v) is 4.26. The number of piperidine rings is 1. The molecule has 0 aliphatic carbocycles. The van der Waals surface area contributed by atoms with Crippen molar-refractivity contribution >= 4 is 11.3 Å². The normalized spacial score (nSPS) is 19.6. The molecule has 1 saturated heterocycles. The highest BCUT2D eigenvalue weighted by Crippen LogP contribution is 2.16. The first-order valence-electron chi connectivity index (χ1n) is 5.70. The van der Waals surface area contributed by atoms with E-state index in [0.29, 0.717) is 0 Å². The van der Waals surface area contributed by atoms with Crippen LogP contribution in [0.2, 0.25) is 0 Å². The van der Waals surface area contributed by atoms with Crippen LogP contribution in [0.15, 0.2) is 11.4 Å². The number of hydrogen-bond donors (Lipinski definition) is 1. The van der Waals surface area contributed by atoms with Crippen LogP contribution < -0.4 is 5.32 Å². The fourth-order valence-corrected chi connectivity index (χ4v) is 2.89. The zero-order chi connectivity index (χ0) is 10.7. The second-order valence-electron chi connectivity index (χ2n) is 4.49. The van der Waals surface area contributed by atoms with E-state index < -0.39 is 0 Å². The van der Waals surface area contributed by atoms with Crippen molar-refractivity contribution < 1.29 is 0 Å². The van der Waals surface area contributed by atoms with Gasteiger partial charge in [0.2, 0.25) is 0 Å². The summed E-state index contributed by atoms with van der Waals surface area (Å²) < 4.78 is 0. The first-order chi connectivity index (χ1) is 7.25. The molecule has 2 heterocycles. The SMILES string of the molecule is Cc1ccsc1CNC1CCN(C)CC1. The largest absolute Gasteiger partial charge is 0.309 e. The standard InChI is InChI=1S/C12H20N2S/c1-10-5-8-15-12(10)9-13-11-3-6-14(2)7-4-11/h5,8,11,13H,3-4,6-7,9H2,1-2H3. The summed E-state index contributed by atoms with van der Waals surface area (Å²) in [5.41, 5.74) is 1.43. The number of thiophene rings is 1. The summed E-state index contributed by atoms with van der Waals surface area (Å²) in [6, 6.07) is 2.93. The minimum atomic E-state index is 0.725. The van der Waals surface area contributed by atoms with Crippen molar-refractivity contribution in [3.63, 3.8) is 0 Å². The maximum absolute atomic E-state index is 3.67. The molecule has 15 heavy (non-hydrogen) atoms. The van der Waals surface area contributed by atoms with Gasteiger partial charge in [-0.1, -0.05) is 0 Å². The molecule has 0 unspecified atom stereocenters. The molecule has 1 aromatic heterocycles. The van der Waals surface area contributed by atoms with E-state index in [1.54, 1.807) is 0 Å². The molecule has 1 fully saturated rings. The van der Waals surface area contributed by atoms with Crippen LogP contribution in [-0.4, -0.2) is 31.1 Å². The molecule has 0 amide bonds. The maximum Gasteiger partial charge on any atom is 0.0304 e. The van der Waals surface area contributed by atoms with E-state index in [-0.39, 0.29) is 0 Å². The second kappa shape index (κ2) is 5.10. The molecular formula is C12H20N2S. The molecule has 1 aliphatic heterocycles. The van der Waals surface area contributed by atoms with Gasteiger partial charge in [0.1, 0.15) is 0 Å². The van der Waals surface area contributed by atoms with Crippen molar-refractivity contribution in [3.05, 3.63) is 21.9 Å². The Morgan fingerprint density at radius 1 is 1.47 bits per heavy atom. The molecule has 1 aromatic rings. The third kappa shape index (κ3) is 3.03. The fraction of sp³-hybridized carbons (Fsp3) is 0.667. The highest BCUT2D eigenvalue weighted by molar-refractivity contribution is 7.10. The Labute approximate surface area is 96.3 Å². The van der Waals surface area contributed by atoms with Crippen LogP contribution in [0.4, 0.5) is 0 Å². The minimum absolute atomic E-state index is 0.725. The number of nitrogens with zero attached hydrogens (tertiary/aromatic N) is 1. The molecular weight excluding hydrogens is 204 g/mol. The van der Waals surface area contributed by atoms with Crippen LogP contribution >= 0.6 is 11.3 Å². The van der Waals surface area contributed by atoms with Gasteiger partial charge >= 0.3 is 0 Å². The predicted molar refractivity (Wildman–Crippen MR) is 66.4 cm³/mol. The van der Waals surface area contributed by atoms with Crippen LogP contribution in [0.1, 0.15) is 23.3 Å². The van der Waals surface area contributed by atoms with E-state index in [1.165, 1.54) is 36.4 Å². The lowest BCUT2D eigenvalue weighted by atomic mass is 10.1. The van der Waals surface area contributed by atoms with E-state index in [4.69, 9.17) is 0 Å². The molecule has 0 atom stereocenters. The first-order valence-corrected chi connectivity index (χ1v) is 6.58. The van der Waals surface area contributed by atoms with E-state index in [0.717, 1.165) is 12.6 Å². The molecule has 0 aromatic carbocycles. The van der Waals surface area contributed by atoms with Crippen LogP contribution in [0.25, 0.3) is 0 Å². The first kappa shape index (κ1) is 11.1. The Morgan fingerprint density at radius 2 is 2.20 bits per heavy atom. The number of likely N-dealkylation sites (tertiary alicyclic amines) is 1. The lowest BCUT2D eigenvalue weighted by Gasteiger charge is -2.29. The highest BCUT2D eigenvalue weighted by atomic mass is 32.1. The summed E-state index contributed by atoms with van der Waals surface area (Å²) in [5.74, 6) is 0. The lowest BCUT2D eigenvalue weighted by Crippen LogP contribution is -2.40. The summed E-state index contributed by atoms with van der Waals surface area (Å²) in [5, 5.41) is 5.85. The summed E-state index contributed by atoms with van der Waals surface area (Å²) in [6.07, 6.45) is 2.59. The molecule has 84 valence electrons. The predicted octanol–water partition coefficient (Wildman–Crippen LogP) is 2.24. The van der Waals surface area contributed by atoms with Crippen LogP contribution in [0, 0.1) is 6.92 Å². The number of hydrogen-bond acceptors (Lipinski definition) is 3. The fourth-order valence-electron chi connectivity index (χ4n) is 2.03. The third-order valence-electron chi connectivity index (χ3n) is 3.24. The molecule has 1 N–H and O–H groups in total. The lowest BCUT2D eigenvalue weighted by molar-refractivity contribution is 0.234. The Morgan fingerprint density at radius 3 is 2.80 bits per heavy atom. The van der Waals surface area contributed by atoms with Gasteiger partial charge in [-0.3, -0.25) is 0 Å². The maximum atomic E-state index is 3.67. The van der Waals surface area contributed by atoms with E-state index in [2.05, 4.69) is 35.6 Å². The Bertz CT molecular complexity index is 300. The van der Waals surface area contributed by atoms with E-state index in [1.807, 2.05) is 11.3 Å². The smallest absolute Gasteiger partial charge is 0.0304 e. The van der Waals surface area contributed by atoms with Gasteiger partial charge in [0, 0.05) is 17.5 Å². The van der Waals surface area contributed by atoms with Gasteiger partial charge in [-0.25, -0.2) is 0 Å². The van der Waals surface area contributed by atoms with Gasteiger partial charge in [-0.05, 0) is 56.9 Å². The summed E-state index contributed by atoms with van der Waals surface area (Å²) >= 11 is 1.87. The summed E-state index contributed by atoms with van der Waals surface area (Å²) in [4.78, 5) is 3.91. The molecule has 2 rings (SSSR count). The zero-order valence-corrected chi connectivity index (χ0v) is 10.4. The van der Waals surface area contributed by atoms with Crippen molar-refractivity contribution in [2.75, 3.05) is 20.1 Å². The Hall–Kier alpha value is -0.380. The van der Waals surface area contributed by atoms with Crippen LogP contribution in [0.5, 0.6) is 0 Å². The Kier molecular flexibility index (Phi) is 3.78. The molecule has 3 heteroatoms. The molecule has 2 nitrogen and oxygen atoms in total. The number of rotatable bonds is 3. The average Bonchev–Trinajstić information content (AvgIpc) is 2.63. The van der Waals surface area contributed by atoms with Gasteiger partial charge in [-0.2, -0.15) is 0 Å². The van der Waals surface area contributed by atoms with Gasteiger partial charge in [0.05, 0.1) is 0 Å². The zero-order valence-electron chi connectivity index (χ0n) is 9.62. The molecule has 1 aliphatic rings. The molecule has 0 radical (unpaired) electrons. The monoisotopic (exact) mass is 224 g/mol. The van der Waals surface area contributed by atoms with Crippen molar-refractivity contribution in [1.82, 2.24) is 10.2 Å². The van der Waals surface area contributed by atoms with Crippen molar-refractivity contribution in [2.45, 2.75) is 32.4 Å². The van der Waals surface area contributed by atoms with Gasteiger partial charge < -0.3 is 10.2 Å². The molecule has 0 spiro atoms. The number of aryl methyl sites for hydroxylation is 1. The Balaban J connectivity index is 1.77. The quantitative estimate of drug-likeness (QED) is 0.847. The second-order valence-corrected chi connectivity index (χ2v) is 5.49. The highest BCUT2D eigenvalue weighted by Gasteiger charge is 2.15. The minimum Gasteiger partial charge on any atom is -0.309 e. The molecule has 0 bridgehead atoms. The molecule has 0 saturated carbocycles. The topological polar surface area (TPSA) is 15.3 Å². The van der Waals surface area contributed by atoms with Gasteiger partial charge in [-0.15, -0.1) is 11.3 Å². The summed E-state index contributed by atoms with van der Waals surface area (Å²) in [7, 11) is 2.21. The van der Waals surface area contributed by atoms with Gasteiger partial charge in [0.15, 0.2) is 0 Å². The van der Waals surface area contributed by atoms with Gasteiger partial charge in [0.25, 0.3) is 0 Å². The van der Waals surface area contributed by atoms with Crippen molar-refractivity contribution in [1.29, 1.82) is 0 Å². The van der Waals surface area contributed by atoms with Crippen LogP contribution in [0.3, 0.4) is 0 Å². The van der Waals surface area contributed by atoms with E-state index >= 15 is 0 Å².